The van der Waals surface area contributed by atoms with Crippen molar-refractivity contribution < 1.29 is 9.90 Å². The largest absolute Gasteiger partial charge is 0.392 e. The third kappa shape index (κ3) is 5.53. The van der Waals surface area contributed by atoms with Crippen LogP contribution in [0.4, 0.5) is 0 Å². The number of aliphatic hydroxyl groups is 1. The molecule has 0 atom stereocenters. The number of nitrogens with zero attached hydrogens (tertiary/aromatic N) is 3. The summed E-state index contributed by atoms with van der Waals surface area (Å²) < 4.78 is 0. The molecule has 0 saturated carbocycles. The van der Waals surface area contributed by atoms with Gasteiger partial charge in [0.1, 0.15) is 0 Å². The monoisotopic (exact) mass is 345 g/mol. The van der Waals surface area contributed by atoms with E-state index < -0.39 is 0 Å². The molecule has 1 N–H and O–H groups in total. The van der Waals surface area contributed by atoms with E-state index in [1.54, 1.807) is 0 Å². The lowest BCUT2D eigenvalue weighted by Gasteiger charge is -2.35. The van der Waals surface area contributed by atoms with E-state index in [-0.39, 0.29) is 6.61 Å². The first-order chi connectivity index (χ1) is 12.2. The summed E-state index contributed by atoms with van der Waals surface area (Å²) in [4.78, 5) is 19.3. The topological polar surface area (TPSA) is 47.0 Å². The number of hydrogen-bond acceptors (Lipinski definition) is 4. The Balaban J connectivity index is 1.41. The third-order valence-electron chi connectivity index (χ3n) is 5.39. The molecule has 2 heterocycles. The second-order valence-electron chi connectivity index (χ2n) is 7.32. The van der Waals surface area contributed by atoms with Gasteiger partial charge in [-0.3, -0.25) is 14.6 Å². The van der Waals surface area contributed by atoms with Crippen LogP contribution in [0.15, 0.2) is 24.3 Å². The van der Waals surface area contributed by atoms with Crippen LogP contribution in [-0.2, 0) is 17.9 Å². The summed E-state index contributed by atoms with van der Waals surface area (Å²) in [5.41, 5.74) is 2.24. The number of carbonyl (C=O) groups is 1. The normalized spacial score (nSPS) is 20.4. The van der Waals surface area contributed by atoms with E-state index >= 15 is 0 Å². The SMILES string of the molecule is O=C(CN1CCN(Cc2ccc(CO)cc2)CC1)N1CCCCCC1. The van der Waals surface area contributed by atoms with Crippen molar-refractivity contribution in [2.24, 2.45) is 0 Å². The smallest absolute Gasteiger partial charge is 0.236 e. The molecule has 3 rings (SSSR count). The number of aliphatic hydroxyl groups excluding tert-OH is 1. The fraction of sp³-hybridized carbons (Fsp3) is 0.650. The van der Waals surface area contributed by atoms with Gasteiger partial charge < -0.3 is 10.0 Å². The highest BCUT2D eigenvalue weighted by atomic mass is 16.3. The number of piperazine rings is 1. The second kappa shape index (κ2) is 9.32. The molecule has 2 fully saturated rings. The zero-order chi connectivity index (χ0) is 17.5. The van der Waals surface area contributed by atoms with E-state index in [4.69, 9.17) is 5.11 Å². The third-order valence-corrected chi connectivity index (χ3v) is 5.39. The quantitative estimate of drug-likeness (QED) is 0.882. The lowest BCUT2D eigenvalue weighted by molar-refractivity contribution is -0.132. The Morgan fingerprint density at radius 3 is 1.96 bits per heavy atom. The Morgan fingerprint density at radius 2 is 1.36 bits per heavy atom. The van der Waals surface area contributed by atoms with Gasteiger partial charge in [-0.15, -0.1) is 0 Å². The van der Waals surface area contributed by atoms with Crippen molar-refractivity contribution in [3.63, 3.8) is 0 Å². The highest BCUT2D eigenvalue weighted by Gasteiger charge is 2.22. The Bertz CT molecular complexity index is 530. The molecule has 0 radical (unpaired) electrons. The van der Waals surface area contributed by atoms with Crippen LogP contribution in [0.25, 0.3) is 0 Å². The molecule has 5 heteroatoms. The summed E-state index contributed by atoms with van der Waals surface area (Å²) in [5.74, 6) is 0.315. The molecule has 1 amide bonds. The van der Waals surface area contributed by atoms with Crippen LogP contribution < -0.4 is 0 Å². The molecule has 0 aliphatic carbocycles. The average molecular weight is 345 g/mol. The Hall–Kier alpha value is -1.43. The maximum Gasteiger partial charge on any atom is 0.236 e. The molecule has 25 heavy (non-hydrogen) atoms. The lowest BCUT2D eigenvalue weighted by Crippen LogP contribution is -2.49. The van der Waals surface area contributed by atoms with Crippen LogP contribution in [0.1, 0.15) is 36.8 Å². The van der Waals surface area contributed by atoms with Crippen LogP contribution >= 0.6 is 0 Å². The van der Waals surface area contributed by atoms with Crippen molar-refractivity contribution >= 4 is 5.91 Å². The van der Waals surface area contributed by atoms with Crippen molar-refractivity contribution in [1.29, 1.82) is 0 Å². The van der Waals surface area contributed by atoms with Crippen molar-refractivity contribution in [2.45, 2.75) is 38.8 Å². The van der Waals surface area contributed by atoms with Crippen molar-refractivity contribution in [1.82, 2.24) is 14.7 Å². The maximum absolute atomic E-state index is 12.5. The highest BCUT2D eigenvalue weighted by molar-refractivity contribution is 5.78. The molecule has 5 nitrogen and oxygen atoms in total. The number of hydrogen-bond donors (Lipinski definition) is 1. The first-order valence-electron chi connectivity index (χ1n) is 9.66. The second-order valence-corrected chi connectivity index (χ2v) is 7.32. The molecule has 0 bridgehead atoms. The lowest BCUT2D eigenvalue weighted by atomic mass is 10.1. The molecule has 0 spiro atoms. The summed E-state index contributed by atoms with van der Waals surface area (Å²) in [6, 6.07) is 8.18. The van der Waals surface area contributed by atoms with Gasteiger partial charge in [0.15, 0.2) is 0 Å². The molecule has 2 saturated heterocycles. The minimum absolute atomic E-state index is 0.101. The number of benzene rings is 1. The van der Waals surface area contributed by atoms with Gasteiger partial charge in [0, 0.05) is 45.8 Å². The van der Waals surface area contributed by atoms with Crippen molar-refractivity contribution in [2.75, 3.05) is 45.8 Å². The van der Waals surface area contributed by atoms with Gasteiger partial charge in [0.25, 0.3) is 0 Å². The Kier molecular flexibility index (Phi) is 6.84. The molecular weight excluding hydrogens is 314 g/mol. The zero-order valence-corrected chi connectivity index (χ0v) is 15.2. The van der Waals surface area contributed by atoms with Gasteiger partial charge in [-0.05, 0) is 24.0 Å². The molecular formula is C20H31N3O2. The van der Waals surface area contributed by atoms with E-state index in [1.165, 1.54) is 18.4 Å². The summed E-state index contributed by atoms with van der Waals surface area (Å²) in [7, 11) is 0. The van der Waals surface area contributed by atoms with Crippen LogP contribution in [0.3, 0.4) is 0 Å². The first kappa shape index (κ1) is 18.4. The highest BCUT2D eigenvalue weighted by Crippen LogP contribution is 2.12. The fourth-order valence-electron chi connectivity index (χ4n) is 3.73. The summed E-state index contributed by atoms with van der Waals surface area (Å²) in [6.07, 6.45) is 4.85. The van der Waals surface area contributed by atoms with E-state index in [0.717, 1.165) is 64.2 Å². The van der Waals surface area contributed by atoms with E-state index in [1.807, 2.05) is 12.1 Å². The van der Waals surface area contributed by atoms with Gasteiger partial charge >= 0.3 is 0 Å². The zero-order valence-electron chi connectivity index (χ0n) is 15.2. The summed E-state index contributed by atoms with van der Waals surface area (Å²) >= 11 is 0. The molecule has 1 aromatic carbocycles. The first-order valence-corrected chi connectivity index (χ1v) is 9.66. The number of rotatable bonds is 5. The molecule has 0 unspecified atom stereocenters. The van der Waals surface area contributed by atoms with E-state index in [2.05, 4.69) is 26.8 Å². The minimum atomic E-state index is 0.101. The minimum Gasteiger partial charge on any atom is -0.392 e. The van der Waals surface area contributed by atoms with Gasteiger partial charge in [0.05, 0.1) is 13.2 Å². The van der Waals surface area contributed by atoms with E-state index in [9.17, 15) is 4.79 Å². The van der Waals surface area contributed by atoms with Crippen LogP contribution in [0, 0.1) is 0 Å². The number of amides is 1. The molecule has 2 aliphatic heterocycles. The average Bonchev–Trinajstić information content (AvgIpc) is 2.93. The Labute approximate surface area is 151 Å². The van der Waals surface area contributed by atoms with Gasteiger partial charge in [-0.2, -0.15) is 0 Å². The van der Waals surface area contributed by atoms with Crippen molar-refractivity contribution in [3.8, 4) is 0 Å². The van der Waals surface area contributed by atoms with Gasteiger partial charge in [-0.1, -0.05) is 37.1 Å². The molecule has 0 aromatic heterocycles. The molecule has 138 valence electrons. The van der Waals surface area contributed by atoms with Crippen LogP contribution in [0.5, 0.6) is 0 Å². The van der Waals surface area contributed by atoms with E-state index in [0.29, 0.717) is 12.5 Å². The number of likely N-dealkylation sites (tertiary alicyclic amines) is 1. The molecule has 1 aromatic rings. The maximum atomic E-state index is 12.5. The predicted octanol–water partition coefficient (Wildman–Crippen LogP) is 1.70. The fourth-order valence-corrected chi connectivity index (χ4v) is 3.73. The molecule has 2 aliphatic rings. The van der Waals surface area contributed by atoms with Crippen LogP contribution in [-0.4, -0.2) is 71.5 Å². The predicted molar refractivity (Wildman–Crippen MR) is 99.1 cm³/mol. The number of carbonyl (C=O) groups excluding carboxylic acids is 1. The standard InChI is InChI=1S/C20H31N3O2/c24-17-19-7-5-18(6-8-19)15-21-11-13-22(14-12-21)16-20(25)23-9-3-1-2-4-10-23/h5-8,24H,1-4,9-17H2. The van der Waals surface area contributed by atoms with Gasteiger partial charge in [-0.25, -0.2) is 0 Å². The summed E-state index contributed by atoms with van der Waals surface area (Å²) in [5, 5.41) is 9.11. The summed E-state index contributed by atoms with van der Waals surface area (Å²) in [6.45, 7) is 7.47. The van der Waals surface area contributed by atoms with Gasteiger partial charge in [0.2, 0.25) is 5.91 Å². The Morgan fingerprint density at radius 1 is 0.800 bits per heavy atom. The van der Waals surface area contributed by atoms with Crippen LogP contribution in [0.2, 0.25) is 0 Å². The van der Waals surface area contributed by atoms with Crippen molar-refractivity contribution in [3.05, 3.63) is 35.4 Å².